The van der Waals surface area contributed by atoms with Crippen LogP contribution in [0.2, 0.25) is 0 Å². The van der Waals surface area contributed by atoms with Gasteiger partial charge in [-0.05, 0) is 43.2 Å². The second-order valence-electron chi connectivity index (χ2n) is 8.40. The summed E-state index contributed by atoms with van der Waals surface area (Å²) in [6.45, 7) is -0.182. The molecule has 0 radical (unpaired) electrons. The van der Waals surface area contributed by atoms with Gasteiger partial charge >= 0.3 is 5.97 Å². The minimum absolute atomic E-state index is 0.0109. The zero-order chi connectivity index (χ0) is 19.0. The molecule has 6 heteroatoms. The van der Waals surface area contributed by atoms with Gasteiger partial charge in [-0.1, -0.05) is 18.2 Å². The van der Waals surface area contributed by atoms with E-state index >= 15 is 0 Å². The van der Waals surface area contributed by atoms with Crippen LogP contribution in [0.5, 0.6) is 0 Å². The number of ether oxygens (including phenoxy) is 1. The number of carbonyl (C=O) groups is 1. The largest absolute Gasteiger partial charge is 0.461 e. The van der Waals surface area contributed by atoms with Gasteiger partial charge in [0.1, 0.15) is 12.4 Å². The van der Waals surface area contributed by atoms with E-state index in [0.717, 1.165) is 6.42 Å². The highest BCUT2D eigenvalue weighted by atomic mass is 19.3. The van der Waals surface area contributed by atoms with Gasteiger partial charge in [0.2, 0.25) is 0 Å². The molecule has 27 heavy (non-hydrogen) atoms. The molecule has 0 N–H and O–H groups in total. The molecule has 1 aromatic carbocycles. The number of rotatable bonds is 4. The van der Waals surface area contributed by atoms with Crippen molar-refractivity contribution >= 4 is 22.7 Å². The van der Waals surface area contributed by atoms with Gasteiger partial charge in [0.15, 0.2) is 0 Å². The summed E-state index contributed by atoms with van der Waals surface area (Å²) < 4.78 is 35.1. The Morgan fingerprint density at radius 1 is 1.26 bits per heavy atom. The van der Waals surface area contributed by atoms with E-state index in [0.29, 0.717) is 35.1 Å². The lowest BCUT2D eigenvalue weighted by molar-refractivity contribution is -0.142. The smallest absolute Gasteiger partial charge is 0.338 e. The van der Waals surface area contributed by atoms with Crippen molar-refractivity contribution in [3.05, 3.63) is 35.9 Å². The summed E-state index contributed by atoms with van der Waals surface area (Å²) in [6.07, 6.45) is 2.02. The number of aromatic nitrogens is 1. The Bertz CT molecular complexity index is 939. The van der Waals surface area contributed by atoms with Crippen molar-refractivity contribution in [1.82, 2.24) is 4.98 Å². The molecular formula is C21H22F2N2O2. The molecule has 4 aliphatic carbocycles. The van der Waals surface area contributed by atoms with E-state index in [1.807, 2.05) is 43.3 Å². The molecule has 2 aromatic rings. The maximum Gasteiger partial charge on any atom is 0.338 e. The Kier molecular flexibility index (Phi) is 3.38. The lowest BCUT2D eigenvalue weighted by Gasteiger charge is -2.35. The molecule has 0 saturated heterocycles. The average Bonchev–Trinajstić information content (AvgIpc) is 3.28. The molecule has 0 aliphatic heterocycles. The van der Waals surface area contributed by atoms with Crippen LogP contribution in [-0.4, -0.2) is 37.6 Å². The van der Waals surface area contributed by atoms with E-state index in [-0.39, 0.29) is 18.4 Å². The van der Waals surface area contributed by atoms with Gasteiger partial charge in [0, 0.05) is 25.4 Å². The number of anilines is 1. The van der Waals surface area contributed by atoms with Crippen LogP contribution in [0.15, 0.2) is 30.3 Å². The summed E-state index contributed by atoms with van der Waals surface area (Å²) in [4.78, 5) is 19.2. The van der Waals surface area contributed by atoms with Gasteiger partial charge in [0.25, 0.3) is 5.92 Å². The highest BCUT2D eigenvalue weighted by Crippen LogP contribution is 2.81. The number of alkyl halides is 2. The van der Waals surface area contributed by atoms with Gasteiger partial charge in [-0.2, -0.15) is 0 Å². The number of fused-ring (bicyclic) bond motifs is 2. The van der Waals surface area contributed by atoms with Gasteiger partial charge in [-0.15, -0.1) is 0 Å². The third-order valence-corrected chi connectivity index (χ3v) is 7.02. The summed E-state index contributed by atoms with van der Waals surface area (Å²) in [5.74, 6) is -3.13. The third-order valence-electron chi connectivity index (χ3n) is 7.02. The number of para-hydroxylation sites is 1. The summed E-state index contributed by atoms with van der Waals surface area (Å²) in [5, 5.41) is 0.678. The molecule has 4 bridgehead atoms. The molecule has 0 amide bonds. The van der Waals surface area contributed by atoms with E-state index in [1.165, 1.54) is 0 Å². The van der Waals surface area contributed by atoms with Crippen LogP contribution in [0.4, 0.5) is 14.6 Å². The number of esters is 1. The minimum atomic E-state index is -2.71. The fourth-order valence-corrected chi connectivity index (χ4v) is 5.58. The summed E-state index contributed by atoms with van der Waals surface area (Å²) >= 11 is 0. The maximum atomic E-state index is 14.8. The van der Waals surface area contributed by atoms with Crippen molar-refractivity contribution in [2.24, 2.45) is 23.2 Å². The van der Waals surface area contributed by atoms with Crippen molar-refractivity contribution in [2.45, 2.75) is 25.2 Å². The van der Waals surface area contributed by atoms with Crippen LogP contribution in [0.1, 0.15) is 29.6 Å². The molecule has 4 aliphatic rings. The fraction of sp³-hybridized carbons (Fsp3) is 0.524. The Morgan fingerprint density at radius 2 is 2.04 bits per heavy atom. The van der Waals surface area contributed by atoms with Crippen molar-refractivity contribution in [1.29, 1.82) is 0 Å². The van der Waals surface area contributed by atoms with Crippen LogP contribution in [-0.2, 0) is 4.74 Å². The third kappa shape index (κ3) is 2.13. The molecule has 4 atom stereocenters. The van der Waals surface area contributed by atoms with Crippen LogP contribution in [0.25, 0.3) is 10.9 Å². The first-order valence-electron chi connectivity index (χ1n) is 9.48. The maximum absolute atomic E-state index is 14.8. The fourth-order valence-electron chi connectivity index (χ4n) is 5.58. The Morgan fingerprint density at radius 3 is 2.70 bits per heavy atom. The van der Waals surface area contributed by atoms with Gasteiger partial charge in [0.05, 0.1) is 16.5 Å². The average molecular weight is 372 g/mol. The van der Waals surface area contributed by atoms with Gasteiger partial charge < -0.3 is 9.64 Å². The van der Waals surface area contributed by atoms with E-state index in [1.54, 1.807) is 6.07 Å². The van der Waals surface area contributed by atoms with Crippen LogP contribution >= 0.6 is 0 Å². The van der Waals surface area contributed by atoms with Crippen LogP contribution in [0.3, 0.4) is 0 Å². The number of hydrogen-bond acceptors (Lipinski definition) is 4. The van der Waals surface area contributed by atoms with Crippen molar-refractivity contribution in [3.8, 4) is 0 Å². The summed E-state index contributed by atoms with van der Waals surface area (Å²) in [5.41, 5.74) is -0.0496. The lowest BCUT2D eigenvalue weighted by Crippen LogP contribution is -2.42. The van der Waals surface area contributed by atoms with Crippen molar-refractivity contribution < 1.29 is 18.3 Å². The number of carbonyl (C=O) groups excluding carboxylic acids is 1. The standard InChI is InChI=1S/C21H22F2N2O2/c1-25(2)18-10-14(13-5-3-4-6-17(13)24-18)19(26)27-11-20-15-8-7-12(9-16(15)20)21(20,22)23/h3-6,10,12,15-16H,7-9,11H2,1-2H3. The molecule has 1 aromatic heterocycles. The lowest BCUT2D eigenvalue weighted by atomic mass is 9.78. The highest BCUT2D eigenvalue weighted by Gasteiger charge is 2.85. The monoisotopic (exact) mass is 372 g/mol. The zero-order valence-electron chi connectivity index (χ0n) is 15.4. The number of pyridine rings is 1. The Hall–Kier alpha value is -2.24. The molecule has 4 saturated carbocycles. The summed E-state index contributed by atoms with van der Waals surface area (Å²) in [7, 11) is 3.69. The van der Waals surface area contributed by atoms with E-state index < -0.39 is 23.2 Å². The molecule has 4 nitrogen and oxygen atoms in total. The first kappa shape index (κ1) is 16.9. The molecule has 0 spiro atoms. The molecule has 4 unspecified atom stereocenters. The van der Waals surface area contributed by atoms with Crippen LogP contribution < -0.4 is 4.90 Å². The molecule has 4 fully saturated rings. The number of benzene rings is 1. The molecule has 1 heterocycles. The number of nitrogens with zero attached hydrogens (tertiary/aromatic N) is 2. The predicted molar refractivity (Wildman–Crippen MR) is 98.1 cm³/mol. The first-order valence-corrected chi connectivity index (χ1v) is 9.48. The van der Waals surface area contributed by atoms with Crippen molar-refractivity contribution in [3.63, 3.8) is 0 Å². The van der Waals surface area contributed by atoms with Gasteiger partial charge in [-0.25, -0.2) is 18.6 Å². The normalized spacial score (nSPS) is 32.4. The van der Waals surface area contributed by atoms with E-state index in [2.05, 4.69) is 4.98 Å². The molecule has 6 rings (SSSR count). The minimum Gasteiger partial charge on any atom is -0.461 e. The zero-order valence-corrected chi connectivity index (χ0v) is 15.4. The SMILES string of the molecule is CN(C)c1cc(C(=O)OCC23C4CCC(CC42)C3(F)F)c2ccccc2n1. The predicted octanol–water partition coefficient (Wildman–Crippen LogP) is 4.14. The second kappa shape index (κ2) is 5.40. The van der Waals surface area contributed by atoms with E-state index in [4.69, 9.17) is 4.74 Å². The molecular weight excluding hydrogens is 350 g/mol. The highest BCUT2D eigenvalue weighted by molar-refractivity contribution is 6.04. The number of hydrogen-bond donors (Lipinski definition) is 0. The second-order valence-corrected chi connectivity index (χ2v) is 8.40. The Balaban J connectivity index is 1.44. The van der Waals surface area contributed by atoms with Crippen LogP contribution in [0, 0.1) is 23.2 Å². The van der Waals surface area contributed by atoms with Crippen molar-refractivity contribution in [2.75, 3.05) is 25.6 Å². The topological polar surface area (TPSA) is 42.4 Å². The number of halogens is 2. The molecule has 142 valence electrons. The quantitative estimate of drug-likeness (QED) is 0.757. The Labute approximate surface area is 156 Å². The van der Waals surface area contributed by atoms with E-state index in [9.17, 15) is 13.6 Å². The first-order chi connectivity index (χ1) is 12.9. The summed E-state index contributed by atoms with van der Waals surface area (Å²) in [6, 6.07) is 9.00. The van der Waals surface area contributed by atoms with Gasteiger partial charge in [-0.3, -0.25) is 0 Å².